The molecule has 6 nitrogen and oxygen atoms in total. The van der Waals surface area contributed by atoms with Gasteiger partial charge in [0.15, 0.2) is 0 Å². The molecule has 3 heterocycles. The normalized spacial score (nSPS) is 13.2. The van der Waals surface area contributed by atoms with Crippen molar-refractivity contribution in [1.82, 2.24) is 19.8 Å². The average Bonchev–Trinajstić information content (AvgIpc) is 3.22. The second-order valence-electron chi connectivity index (χ2n) is 8.80. The number of nitrogens with zero attached hydrogens (tertiary/aromatic N) is 4. The van der Waals surface area contributed by atoms with Crippen LogP contribution in [0.2, 0.25) is 5.15 Å². The van der Waals surface area contributed by atoms with Gasteiger partial charge in [0.2, 0.25) is 0 Å². The molecule has 0 unspecified atom stereocenters. The van der Waals surface area contributed by atoms with E-state index in [1.165, 1.54) is 6.07 Å². The van der Waals surface area contributed by atoms with Crippen LogP contribution in [0.5, 0.6) is 0 Å². The number of nitrogens with one attached hydrogen (secondary N) is 1. The monoisotopic (exact) mass is 613 g/mol. The van der Waals surface area contributed by atoms with E-state index < -0.39 is 0 Å². The maximum absolute atomic E-state index is 14.1. The molecule has 4 aromatic rings. The van der Waals surface area contributed by atoms with Gasteiger partial charge in [0.25, 0.3) is 0 Å². The number of rotatable bonds is 5. The van der Waals surface area contributed by atoms with E-state index in [-0.39, 0.29) is 24.3 Å². The Hall–Kier alpha value is -3.22. The summed E-state index contributed by atoms with van der Waals surface area (Å²) in [4.78, 5) is 19.6. The number of hydrogen-bond donors (Lipinski definition) is 1. The molecule has 38 heavy (non-hydrogen) atoms. The summed E-state index contributed by atoms with van der Waals surface area (Å²) in [5.41, 5.74) is 4.65. The van der Waals surface area contributed by atoms with E-state index in [0.717, 1.165) is 38.7 Å². The Kier molecular flexibility index (Phi) is 8.85. The first-order valence-corrected chi connectivity index (χ1v) is 12.9. The number of carbonyl (C=O) groups excluding carboxylic acids is 1. The quantitative estimate of drug-likeness (QED) is 0.253. The summed E-state index contributed by atoms with van der Waals surface area (Å²) in [6, 6.07) is 15.7. The van der Waals surface area contributed by atoms with Crippen LogP contribution in [0, 0.1) is 17.1 Å². The zero-order chi connectivity index (χ0) is 25.9. The van der Waals surface area contributed by atoms with Gasteiger partial charge in [0.05, 0.1) is 17.1 Å². The predicted molar refractivity (Wildman–Crippen MR) is 153 cm³/mol. The molecule has 2 aromatic carbocycles. The molecular weight excluding hydrogens is 592 g/mol. The SMILES string of the molecule is Cl.N#Cc1ccc2c(c1)c1c(n2C(=O)NCc2ccnc(Cl)c2)CCN(C/C=C/c2cc(Br)ccc2F)C1. The molecule has 0 atom stereocenters. The third-order valence-corrected chi connectivity index (χ3v) is 7.11. The van der Waals surface area contributed by atoms with Crippen LogP contribution in [0.4, 0.5) is 9.18 Å². The maximum Gasteiger partial charge on any atom is 0.326 e. The van der Waals surface area contributed by atoms with E-state index in [4.69, 9.17) is 11.6 Å². The fourth-order valence-corrected chi connectivity index (χ4v) is 5.23. The lowest BCUT2D eigenvalue weighted by Gasteiger charge is -2.27. The Morgan fingerprint density at radius 1 is 1.24 bits per heavy atom. The van der Waals surface area contributed by atoms with Crippen LogP contribution in [0.15, 0.2) is 65.3 Å². The first-order valence-electron chi connectivity index (χ1n) is 11.7. The number of hydrogen-bond acceptors (Lipinski definition) is 4. The highest BCUT2D eigenvalue weighted by Crippen LogP contribution is 2.32. The fraction of sp³-hybridized carbons (Fsp3) is 0.179. The van der Waals surface area contributed by atoms with Crippen LogP contribution >= 0.6 is 39.9 Å². The lowest BCUT2D eigenvalue weighted by molar-refractivity contribution is 0.240. The lowest BCUT2D eigenvalue weighted by atomic mass is 10.0. The fourth-order valence-electron chi connectivity index (χ4n) is 4.65. The van der Waals surface area contributed by atoms with Crippen LogP contribution in [0.25, 0.3) is 17.0 Å². The number of fused-ring (bicyclic) bond motifs is 3. The molecule has 10 heteroatoms. The number of amides is 1. The molecule has 194 valence electrons. The summed E-state index contributed by atoms with van der Waals surface area (Å²) >= 11 is 9.36. The molecule has 0 bridgehead atoms. The topological polar surface area (TPSA) is 74.0 Å². The Labute approximate surface area is 239 Å². The predicted octanol–water partition coefficient (Wildman–Crippen LogP) is 6.71. The van der Waals surface area contributed by atoms with E-state index in [9.17, 15) is 14.4 Å². The first kappa shape index (κ1) is 27.8. The van der Waals surface area contributed by atoms with Crippen LogP contribution < -0.4 is 5.32 Å². The zero-order valence-corrected chi connectivity index (χ0v) is 23.3. The highest BCUT2D eigenvalue weighted by molar-refractivity contribution is 9.10. The maximum atomic E-state index is 14.1. The minimum atomic E-state index is -0.271. The van der Waals surface area contributed by atoms with Crippen molar-refractivity contribution < 1.29 is 9.18 Å². The van der Waals surface area contributed by atoms with Crippen molar-refractivity contribution in [2.24, 2.45) is 0 Å². The van der Waals surface area contributed by atoms with E-state index in [1.807, 2.05) is 18.2 Å². The number of pyridine rings is 1. The van der Waals surface area contributed by atoms with Gasteiger partial charge in [-0.15, -0.1) is 12.4 Å². The standard InChI is InChI=1S/C28H22BrClFN5O.ClH/c29-21-4-5-24(31)20(14-21)2-1-10-35-11-8-26-23(17-35)22-12-18(15-32)3-6-25(22)36(26)28(37)34-16-19-7-9-33-27(30)13-19;/h1-7,9,12-14H,8,10-11,16-17H2,(H,34,37);1H/b2-1+;. The van der Waals surface area contributed by atoms with Gasteiger partial charge >= 0.3 is 6.03 Å². The zero-order valence-electron chi connectivity index (χ0n) is 20.1. The molecule has 5 rings (SSSR count). The van der Waals surface area contributed by atoms with Crippen molar-refractivity contribution in [2.45, 2.75) is 19.5 Å². The summed E-state index contributed by atoms with van der Waals surface area (Å²) in [7, 11) is 0. The van der Waals surface area contributed by atoms with Crippen molar-refractivity contribution >= 4 is 62.9 Å². The Bertz CT molecular complexity index is 1580. The molecule has 0 radical (unpaired) electrons. The second kappa shape index (κ2) is 12.1. The molecule has 0 saturated heterocycles. The Morgan fingerprint density at radius 3 is 2.87 bits per heavy atom. The molecule has 0 saturated carbocycles. The van der Waals surface area contributed by atoms with Gasteiger partial charge in [-0.1, -0.05) is 39.7 Å². The third kappa shape index (κ3) is 5.92. The van der Waals surface area contributed by atoms with Crippen LogP contribution in [0.3, 0.4) is 0 Å². The molecule has 1 amide bonds. The van der Waals surface area contributed by atoms with Crippen molar-refractivity contribution in [3.63, 3.8) is 0 Å². The molecule has 1 aliphatic heterocycles. The smallest absolute Gasteiger partial charge is 0.326 e. The van der Waals surface area contributed by atoms with Crippen LogP contribution in [-0.2, 0) is 19.5 Å². The molecule has 2 aromatic heterocycles. The van der Waals surface area contributed by atoms with Gasteiger partial charge in [0, 0.05) is 59.9 Å². The van der Waals surface area contributed by atoms with Gasteiger partial charge in [-0.05, 0) is 59.7 Å². The van der Waals surface area contributed by atoms with Crippen molar-refractivity contribution in [3.8, 4) is 6.07 Å². The lowest BCUT2D eigenvalue weighted by Crippen LogP contribution is -2.34. The number of aromatic nitrogens is 2. The summed E-state index contributed by atoms with van der Waals surface area (Å²) in [5, 5.41) is 13.7. The van der Waals surface area contributed by atoms with Gasteiger partial charge in [-0.25, -0.2) is 14.2 Å². The molecule has 1 N–H and O–H groups in total. The average molecular weight is 615 g/mol. The molecule has 1 aliphatic rings. The van der Waals surface area contributed by atoms with E-state index in [1.54, 1.807) is 47.2 Å². The highest BCUT2D eigenvalue weighted by atomic mass is 79.9. The van der Waals surface area contributed by atoms with Crippen LogP contribution in [0.1, 0.15) is 27.9 Å². The number of halogens is 4. The van der Waals surface area contributed by atoms with E-state index >= 15 is 0 Å². The number of benzene rings is 2. The largest absolute Gasteiger partial charge is 0.333 e. The van der Waals surface area contributed by atoms with Crippen LogP contribution in [-0.4, -0.2) is 33.6 Å². The molecular formula is C28H23BrCl2FN5O. The number of carbonyl (C=O) groups is 1. The summed E-state index contributed by atoms with van der Waals surface area (Å²) in [5.74, 6) is -0.271. The molecule has 0 fully saturated rings. The summed E-state index contributed by atoms with van der Waals surface area (Å²) in [6.07, 6.45) is 6.00. The van der Waals surface area contributed by atoms with Crippen molar-refractivity contribution in [2.75, 3.05) is 13.1 Å². The Balaban J connectivity index is 0.00000336. The van der Waals surface area contributed by atoms with Gasteiger partial charge < -0.3 is 5.32 Å². The van der Waals surface area contributed by atoms with E-state index in [2.05, 4.69) is 37.2 Å². The number of nitriles is 1. The summed E-state index contributed by atoms with van der Waals surface area (Å²) < 4.78 is 16.6. The van der Waals surface area contributed by atoms with Gasteiger partial charge in [-0.3, -0.25) is 9.47 Å². The minimum Gasteiger partial charge on any atom is -0.333 e. The minimum absolute atomic E-state index is 0. The van der Waals surface area contributed by atoms with Crippen molar-refractivity contribution in [3.05, 3.63) is 104 Å². The second-order valence-corrected chi connectivity index (χ2v) is 10.1. The Morgan fingerprint density at radius 2 is 2.08 bits per heavy atom. The van der Waals surface area contributed by atoms with Crippen molar-refractivity contribution in [1.29, 1.82) is 5.26 Å². The molecule has 0 aliphatic carbocycles. The highest BCUT2D eigenvalue weighted by Gasteiger charge is 2.26. The van der Waals surface area contributed by atoms with Gasteiger partial charge in [-0.2, -0.15) is 5.26 Å². The molecule has 0 spiro atoms. The first-order chi connectivity index (χ1) is 17.9. The summed E-state index contributed by atoms with van der Waals surface area (Å²) in [6.45, 7) is 2.30. The van der Waals surface area contributed by atoms with E-state index in [0.29, 0.717) is 42.3 Å². The third-order valence-electron chi connectivity index (χ3n) is 6.41. The van der Waals surface area contributed by atoms with Gasteiger partial charge in [0.1, 0.15) is 11.0 Å².